The van der Waals surface area contributed by atoms with E-state index in [1.807, 2.05) is 6.07 Å². The van der Waals surface area contributed by atoms with Crippen molar-refractivity contribution in [2.75, 3.05) is 31.6 Å². The monoisotopic (exact) mass is 339 g/mol. The zero-order valence-corrected chi connectivity index (χ0v) is 14.9. The molecule has 2 aromatic rings. The Balaban J connectivity index is 1.76. The second-order valence-electron chi connectivity index (χ2n) is 6.12. The number of ether oxygens (including phenoxy) is 1. The molecule has 1 aromatic heterocycles. The van der Waals surface area contributed by atoms with Crippen LogP contribution in [0.2, 0.25) is 0 Å². The fourth-order valence-corrected chi connectivity index (χ4v) is 3.07. The van der Waals surface area contributed by atoms with Crippen LogP contribution in [0.4, 0.5) is 11.4 Å². The summed E-state index contributed by atoms with van der Waals surface area (Å²) in [6.07, 6.45) is 3.67. The summed E-state index contributed by atoms with van der Waals surface area (Å²) in [5.41, 5.74) is 5.10. The van der Waals surface area contributed by atoms with E-state index in [0.717, 1.165) is 24.2 Å². The highest BCUT2D eigenvalue weighted by molar-refractivity contribution is 5.92. The average molecular weight is 339 g/mol. The summed E-state index contributed by atoms with van der Waals surface area (Å²) in [5.74, 6) is -0.0296. The molecule has 1 saturated heterocycles. The Hall–Kier alpha value is -2.40. The lowest BCUT2D eigenvalue weighted by Gasteiger charge is -2.26. The molecule has 0 spiro atoms. The van der Waals surface area contributed by atoms with E-state index in [1.54, 1.807) is 17.2 Å². The molecule has 5 heteroatoms. The smallest absolute Gasteiger partial charge is 0.272 e. The van der Waals surface area contributed by atoms with Gasteiger partial charge in [0.15, 0.2) is 0 Å². The first-order valence-corrected chi connectivity index (χ1v) is 8.93. The quantitative estimate of drug-likeness (QED) is 0.907. The highest BCUT2D eigenvalue weighted by atomic mass is 16.5. The van der Waals surface area contributed by atoms with Crippen molar-refractivity contribution in [1.82, 2.24) is 9.88 Å². The predicted octanol–water partition coefficient (Wildman–Crippen LogP) is 3.42. The zero-order valence-electron chi connectivity index (χ0n) is 14.9. The molecule has 2 heterocycles. The van der Waals surface area contributed by atoms with Gasteiger partial charge < -0.3 is 15.0 Å². The molecule has 0 unspecified atom stereocenters. The SMILES string of the molecule is CCc1cccc(CC)c1Nc1ccc(C(=O)N2CCOCC2)nc1. The number of nitrogens with one attached hydrogen (secondary N) is 1. The van der Waals surface area contributed by atoms with E-state index in [0.29, 0.717) is 32.0 Å². The van der Waals surface area contributed by atoms with Crippen molar-refractivity contribution >= 4 is 17.3 Å². The van der Waals surface area contributed by atoms with Crippen molar-refractivity contribution in [3.05, 3.63) is 53.3 Å². The molecule has 1 aromatic carbocycles. The maximum atomic E-state index is 12.5. The second kappa shape index (κ2) is 8.12. The van der Waals surface area contributed by atoms with Crippen molar-refractivity contribution in [2.24, 2.45) is 0 Å². The Kier molecular flexibility index (Phi) is 5.66. The molecule has 0 bridgehead atoms. The van der Waals surface area contributed by atoms with Crippen molar-refractivity contribution in [3.63, 3.8) is 0 Å². The van der Waals surface area contributed by atoms with Crippen LogP contribution in [0.25, 0.3) is 0 Å². The number of rotatable bonds is 5. The Morgan fingerprint density at radius 2 is 1.80 bits per heavy atom. The van der Waals surface area contributed by atoms with Crippen LogP contribution in [0.1, 0.15) is 35.5 Å². The van der Waals surface area contributed by atoms with Gasteiger partial charge in [-0.3, -0.25) is 4.79 Å². The molecule has 0 radical (unpaired) electrons. The highest BCUT2D eigenvalue weighted by Gasteiger charge is 2.19. The number of aromatic nitrogens is 1. The third-order valence-electron chi connectivity index (χ3n) is 4.55. The average Bonchev–Trinajstić information content (AvgIpc) is 2.69. The number of amides is 1. The molecule has 1 amide bonds. The molecule has 5 nitrogen and oxygen atoms in total. The first-order chi connectivity index (χ1) is 12.2. The van der Waals surface area contributed by atoms with E-state index in [9.17, 15) is 4.79 Å². The molecule has 1 aliphatic heterocycles. The predicted molar refractivity (Wildman–Crippen MR) is 99.4 cm³/mol. The molecular weight excluding hydrogens is 314 g/mol. The Morgan fingerprint density at radius 3 is 2.36 bits per heavy atom. The van der Waals surface area contributed by atoms with E-state index in [2.05, 4.69) is 42.3 Å². The van der Waals surface area contributed by atoms with Crippen LogP contribution in [0.15, 0.2) is 36.5 Å². The maximum Gasteiger partial charge on any atom is 0.272 e. The highest BCUT2D eigenvalue weighted by Crippen LogP contribution is 2.26. The molecule has 0 atom stereocenters. The minimum Gasteiger partial charge on any atom is -0.378 e. The summed E-state index contributed by atoms with van der Waals surface area (Å²) in [7, 11) is 0. The van der Waals surface area contributed by atoms with Crippen molar-refractivity contribution in [2.45, 2.75) is 26.7 Å². The Bertz CT molecular complexity index is 700. The van der Waals surface area contributed by atoms with E-state index < -0.39 is 0 Å². The number of aryl methyl sites for hydroxylation is 2. The Labute approximate surface area is 149 Å². The van der Waals surface area contributed by atoms with Crippen LogP contribution in [-0.4, -0.2) is 42.1 Å². The summed E-state index contributed by atoms with van der Waals surface area (Å²) in [6.45, 7) is 6.76. The molecular formula is C20H25N3O2. The van der Waals surface area contributed by atoms with Crippen molar-refractivity contribution in [3.8, 4) is 0 Å². The van der Waals surface area contributed by atoms with Crippen LogP contribution in [0.3, 0.4) is 0 Å². The molecule has 0 aliphatic carbocycles. The van der Waals surface area contributed by atoms with Gasteiger partial charge in [-0.05, 0) is 36.1 Å². The van der Waals surface area contributed by atoms with Crippen molar-refractivity contribution < 1.29 is 9.53 Å². The first-order valence-electron chi connectivity index (χ1n) is 8.93. The number of nitrogens with zero attached hydrogens (tertiary/aromatic N) is 2. The fourth-order valence-electron chi connectivity index (χ4n) is 3.07. The maximum absolute atomic E-state index is 12.5. The molecule has 3 rings (SSSR count). The number of anilines is 2. The van der Waals surface area contributed by atoms with Gasteiger partial charge in [0.2, 0.25) is 0 Å². The summed E-state index contributed by atoms with van der Waals surface area (Å²) in [4.78, 5) is 18.6. The van der Waals surface area contributed by atoms with Gasteiger partial charge in [0.05, 0.1) is 25.1 Å². The number of hydrogen-bond acceptors (Lipinski definition) is 4. The van der Waals surface area contributed by atoms with Gasteiger partial charge in [-0.2, -0.15) is 0 Å². The molecule has 25 heavy (non-hydrogen) atoms. The van der Waals surface area contributed by atoms with E-state index in [1.165, 1.54) is 11.1 Å². The van der Waals surface area contributed by atoms with Gasteiger partial charge in [0, 0.05) is 18.8 Å². The largest absolute Gasteiger partial charge is 0.378 e. The van der Waals surface area contributed by atoms with Gasteiger partial charge in [0.1, 0.15) is 5.69 Å². The van der Waals surface area contributed by atoms with Crippen LogP contribution in [0, 0.1) is 0 Å². The van der Waals surface area contributed by atoms with Gasteiger partial charge in [-0.15, -0.1) is 0 Å². The summed E-state index contributed by atoms with van der Waals surface area (Å²) >= 11 is 0. The van der Waals surface area contributed by atoms with Gasteiger partial charge in [0.25, 0.3) is 5.91 Å². The van der Waals surface area contributed by atoms with E-state index >= 15 is 0 Å². The van der Waals surface area contributed by atoms with Gasteiger partial charge in [-0.1, -0.05) is 32.0 Å². The third kappa shape index (κ3) is 3.99. The van der Waals surface area contributed by atoms with E-state index in [-0.39, 0.29) is 5.91 Å². The van der Waals surface area contributed by atoms with Gasteiger partial charge >= 0.3 is 0 Å². The number of hydrogen-bond donors (Lipinski definition) is 1. The lowest BCUT2D eigenvalue weighted by atomic mass is 10.0. The topological polar surface area (TPSA) is 54.5 Å². The van der Waals surface area contributed by atoms with E-state index in [4.69, 9.17) is 4.74 Å². The standard InChI is InChI=1S/C20H25N3O2/c1-3-15-6-5-7-16(4-2)19(15)22-17-8-9-18(21-14-17)20(24)23-10-12-25-13-11-23/h5-9,14,22H,3-4,10-13H2,1-2H3. The molecule has 1 N–H and O–H groups in total. The second-order valence-corrected chi connectivity index (χ2v) is 6.12. The van der Waals surface area contributed by atoms with Crippen LogP contribution in [0.5, 0.6) is 0 Å². The summed E-state index contributed by atoms with van der Waals surface area (Å²) < 4.78 is 5.29. The summed E-state index contributed by atoms with van der Waals surface area (Å²) in [5, 5.41) is 3.48. The number of morpholine rings is 1. The first kappa shape index (κ1) is 17.4. The summed E-state index contributed by atoms with van der Waals surface area (Å²) in [6, 6.07) is 10.1. The molecule has 132 valence electrons. The minimum absolute atomic E-state index is 0.0296. The Morgan fingerprint density at radius 1 is 1.12 bits per heavy atom. The number of para-hydroxylation sites is 1. The van der Waals surface area contributed by atoms with Crippen LogP contribution >= 0.6 is 0 Å². The molecule has 0 saturated carbocycles. The zero-order chi connectivity index (χ0) is 17.6. The minimum atomic E-state index is -0.0296. The number of pyridine rings is 1. The van der Waals surface area contributed by atoms with Crippen molar-refractivity contribution in [1.29, 1.82) is 0 Å². The van der Waals surface area contributed by atoms with Crippen LogP contribution in [-0.2, 0) is 17.6 Å². The third-order valence-corrected chi connectivity index (χ3v) is 4.55. The number of carbonyl (C=O) groups is 1. The molecule has 1 fully saturated rings. The van der Waals surface area contributed by atoms with Crippen LogP contribution < -0.4 is 5.32 Å². The number of benzene rings is 1. The van der Waals surface area contributed by atoms with Gasteiger partial charge in [-0.25, -0.2) is 4.98 Å². The fraction of sp³-hybridized carbons (Fsp3) is 0.400. The molecule has 1 aliphatic rings. The number of carbonyl (C=O) groups excluding carboxylic acids is 1. The lowest BCUT2D eigenvalue weighted by molar-refractivity contribution is 0.0299. The normalized spacial score (nSPS) is 14.4. The lowest BCUT2D eigenvalue weighted by Crippen LogP contribution is -2.41.